The molecule has 32 heavy (non-hydrogen) atoms. The number of ether oxygens (including phenoxy) is 4. The number of hydrogen-bond acceptors (Lipinski definition) is 4. The first-order chi connectivity index (χ1) is 15.4. The summed E-state index contributed by atoms with van der Waals surface area (Å²) in [5.74, 6) is 1.90. The Kier molecular flexibility index (Phi) is 8.12. The molecule has 0 amide bonds. The Morgan fingerprint density at radius 3 is 1.91 bits per heavy atom. The van der Waals surface area contributed by atoms with E-state index in [9.17, 15) is 4.39 Å². The van der Waals surface area contributed by atoms with E-state index in [0.717, 1.165) is 17.1 Å². The van der Waals surface area contributed by atoms with Gasteiger partial charge in [-0.3, -0.25) is 0 Å². The second kappa shape index (κ2) is 11.0. The molecule has 0 aliphatic heterocycles. The normalized spacial score (nSPS) is 11.3. The van der Waals surface area contributed by atoms with Gasteiger partial charge in [-0.1, -0.05) is 32.0 Å². The van der Waals surface area contributed by atoms with E-state index in [-0.39, 0.29) is 11.2 Å². The first-order valence-corrected chi connectivity index (χ1v) is 10.9. The van der Waals surface area contributed by atoms with E-state index in [4.69, 9.17) is 18.9 Å². The summed E-state index contributed by atoms with van der Waals surface area (Å²) in [7, 11) is 0. The van der Waals surface area contributed by atoms with Gasteiger partial charge in [0.1, 0.15) is 17.2 Å². The minimum atomic E-state index is -0.419. The Hall–Kier alpha value is -3.05. The molecule has 0 atom stereocenters. The van der Waals surface area contributed by atoms with E-state index in [2.05, 4.69) is 26.0 Å². The third kappa shape index (κ3) is 6.47. The van der Waals surface area contributed by atoms with Crippen LogP contribution < -0.4 is 14.2 Å². The molecule has 170 valence electrons. The first kappa shape index (κ1) is 23.6. The lowest BCUT2D eigenvalue weighted by molar-refractivity contribution is 0.0823. The SMILES string of the molecule is CCOc1ccc(Oc2cc(COCC(C)(C)c3ccc(OCC)cc3)ccc2F)cc1. The number of rotatable bonds is 11. The van der Waals surface area contributed by atoms with Crippen molar-refractivity contribution < 1.29 is 23.3 Å². The quantitative estimate of drug-likeness (QED) is 0.326. The topological polar surface area (TPSA) is 36.9 Å². The smallest absolute Gasteiger partial charge is 0.165 e. The van der Waals surface area contributed by atoms with Gasteiger partial charge in [-0.15, -0.1) is 0 Å². The highest BCUT2D eigenvalue weighted by Crippen LogP contribution is 2.29. The predicted octanol–water partition coefficient (Wildman–Crippen LogP) is 6.91. The Labute approximate surface area is 189 Å². The lowest BCUT2D eigenvalue weighted by Gasteiger charge is -2.25. The molecule has 3 aromatic carbocycles. The molecule has 3 aromatic rings. The van der Waals surface area contributed by atoms with Crippen molar-refractivity contribution in [3.05, 3.63) is 83.7 Å². The summed E-state index contributed by atoms with van der Waals surface area (Å²) in [6.45, 7) is 10.3. The lowest BCUT2D eigenvalue weighted by atomic mass is 9.85. The Morgan fingerprint density at radius 2 is 1.31 bits per heavy atom. The van der Waals surface area contributed by atoms with Crippen LogP contribution >= 0.6 is 0 Å². The van der Waals surface area contributed by atoms with Gasteiger partial charge in [0.2, 0.25) is 0 Å². The standard InChI is InChI=1S/C27H31FO4/c1-5-30-22-10-8-21(9-11-22)27(3,4)19-29-18-20-7-16-25(28)26(17-20)32-24-14-12-23(13-15-24)31-6-2/h7-17H,5-6,18-19H2,1-4H3. The molecule has 5 heteroatoms. The van der Waals surface area contributed by atoms with Crippen molar-refractivity contribution in [3.63, 3.8) is 0 Å². The molecule has 0 bridgehead atoms. The summed E-state index contributed by atoms with van der Waals surface area (Å²) in [5, 5.41) is 0. The molecule has 0 saturated carbocycles. The van der Waals surface area contributed by atoms with E-state index in [1.807, 2.05) is 26.0 Å². The summed E-state index contributed by atoms with van der Waals surface area (Å²) in [4.78, 5) is 0. The van der Waals surface area contributed by atoms with Crippen LogP contribution in [0.4, 0.5) is 4.39 Å². The molecule has 0 saturated heterocycles. The van der Waals surface area contributed by atoms with Gasteiger partial charge in [0.05, 0.1) is 26.4 Å². The molecule has 0 aliphatic rings. The molecule has 0 fully saturated rings. The number of halogens is 1. The summed E-state index contributed by atoms with van der Waals surface area (Å²) < 4.78 is 36.9. The molecular formula is C27H31FO4. The largest absolute Gasteiger partial charge is 0.494 e. The Bertz CT molecular complexity index is 982. The summed E-state index contributed by atoms with van der Waals surface area (Å²) in [5.41, 5.74) is 1.83. The fourth-order valence-electron chi connectivity index (χ4n) is 3.29. The zero-order chi connectivity index (χ0) is 23.0. The van der Waals surface area contributed by atoms with Gasteiger partial charge in [-0.05, 0) is 73.5 Å². The van der Waals surface area contributed by atoms with Crippen molar-refractivity contribution in [2.45, 2.75) is 39.7 Å². The van der Waals surface area contributed by atoms with Crippen LogP contribution in [0, 0.1) is 5.82 Å². The highest BCUT2D eigenvalue weighted by atomic mass is 19.1. The molecule has 4 nitrogen and oxygen atoms in total. The van der Waals surface area contributed by atoms with Gasteiger partial charge in [0.15, 0.2) is 11.6 Å². The molecule has 0 radical (unpaired) electrons. The predicted molar refractivity (Wildman–Crippen MR) is 124 cm³/mol. The van der Waals surface area contributed by atoms with Gasteiger partial charge in [-0.25, -0.2) is 4.39 Å². The Morgan fingerprint density at radius 1 is 0.750 bits per heavy atom. The average molecular weight is 439 g/mol. The van der Waals surface area contributed by atoms with Gasteiger partial charge >= 0.3 is 0 Å². The van der Waals surface area contributed by atoms with Crippen molar-refractivity contribution in [2.24, 2.45) is 0 Å². The van der Waals surface area contributed by atoms with E-state index >= 15 is 0 Å². The summed E-state index contributed by atoms with van der Waals surface area (Å²) in [6, 6.07) is 20.0. The fraction of sp³-hybridized carbons (Fsp3) is 0.333. The monoisotopic (exact) mass is 438 g/mol. The van der Waals surface area contributed by atoms with Crippen molar-refractivity contribution in [1.82, 2.24) is 0 Å². The van der Waals surface area contributed by atoms with E-state index in [0.29, 0.717) is 32.2 Å². The van der Waals surface area contributed by atoms with Gasteiger partial charge in [0, 0.05) is 5.41 Å². The third-order valence-corrected chi connectivity index (χ3v) is 5.04. The van der Waals surface area contributed by atoms with Crippen LogP contribution in [0.15, 0.2) is 66.7 Å². The zero-order valence-electron chi connectivity index (χ0n) is 19.2. The third-order valence-electron chi connectivity index (χ3n) is 5.04. The van der Waals surface area contributed by atoms with Crippen LogP contribution in [0.5, 0.6) is 23.0 Å². The molecule has 0 aliphatic carbocycles. The van der Waals surface area contributed by atoms with Gasteiger partial charge in [0.25, 0.3) is 0 Å². The molecule has 3 rings (SSSR count). The average Bonchev–Trinajstić information content (AvgIpc) is 2.78. The highest BCUT2D eigenvalue weighted by Gasteiger charge is 2.21. The van der Waals surface area contributed by atoms with Crippen molar-refractivity contribution in [3.8, 4) is 23.0 Å². The van der Waals surface area contributed by atoms with Gasteiger partial charge < -0.3 is 18.9 Å². The highest BCUT2D eigenvalue weighted by molar-refractivity contribution is 5.37. The minimum absolute atomic E-state index is 0.168. The van der Waals surface area contributed by atoms with Crippen LogP contribution in [0.25, 0.3) is 0 Å². The Balaban J connectivity index is 1.59. The minimum Gasteiger partial charge on any atom is -0.494 e. The van der Waals surface area contributed by atoms with Crippen LogP contribution in [-0.2, 0) is 16.8 Å². The van der Waals surface area contributed by atoms with Crippen LogP contribution in [0.1, 0.15) is 38.8 Å². The summed E-state index contributed by atoms with van der Waals surface area (Å²) >= 11 is 0. The number of benzene rings is 3. The van der Waals surface area contributed by atoms with Crippen LogP contribution in [0.3, 0.4) is 0 Å². The maximum absolute atomic E-state index is 14.3. The molecule has 0 spiro atoms. The second-order valence-electron chi connectivity index (χ2n) is 8.11. The number of hydrogen-bond donors (Lipinski definition) is 0. The van der Waals surface area contributed by atoms with Crippen LogP contribution in [0.2, 0.25) is 0 Å². The van der Waals surface area contributed by atoms with Crippen molar-refractivity contribution in [2.75, 3.05) is 19.8 Å². The maximum atomic E-state index is 14.3. The van der Waals surface area contributed by atoms with E-state index in [1.54, 1.807) is 36.4 Å². The van der Waals surface area contributed by atoms with E-state index in [1.165, 1.54) is 11.6 Å². The van der Waals surface area contributed by atoms with Crippen molar-refractivity contribution in [1.29, 1.82) is 0 Å². The van der Waals surface area contributed by atoms with Crippen molar-refractivity contribution >= 4 is 0 Å². The lowest BCUT2D eigenvalue weighted by Crippen LogP contribution is -2.24. The molecule has 0 unspecified atom stereocenters. The maximum Gasteiger partial charge on any atom is 0.165 e. The van der Waals surface area contributed by atoms with E-state index < -0.39 is 5.82 Å². The molecular weight excluding hydrogens is 407 g/mol. The summed E-state index contributed by atoms with van der Waals surface area (Å²) in [6.07, 6.45) is 0. The van der Waals surface area contributed by atoms with Crippen LogP contribution in [-0.4, -0.2) is 19.8 Å². The second-order valence-corrected chi connectivity index (χ2v) is 8.11. The van der Waals surface area contributed by atoms with Gasteiger partial charge in [-0.2, -0.15) is 0 Å². The molecule has 0 aromatic heterocycles. The molecule has 0 heterocycles. The first-order valence-electron chi connectivity index (χ1n) is 10.9. The fourth-order valence-corrected chi connectivity index (χ4v) is 3.29. The zero-order valence-corrected chi connectivity index (χ0v) is 19.2. The molecule has 0 N–H and O–H groups in total.